The number of aryl methyl sites for hydroxylation is 2. The van der Waals surface area contributed by atoms with Gasteiger partial charge in [0, 0.05) is 42.9 Å². The monoisotopic (exact) mass is 552 g/mol. The lowest BCUT2D eigenvalue weighted by Gasteiger charge is -2.30. The van der Waals surface area contributed by atoms with Crippen molar-refractivity contribution in [3.05, 3.63) is 63.5 Å². The van der Waals surface area contributed by atoms with Gasteiger partial charge >= 0.3 is 0 Å². The number of nitro benzene ring substituents is 1. The second-order valence-electron chi connectivity index (χ2n) is 8.57. The zero-order valence-electron chi connectivity index (χ0n) is 20.6. The number of carbonyl (C=O) groups is 1. The van der Waals surface area contributed by atoms with Gasteiger partial charge in [0.25, 0.3) is 11.6 Å². The largest absolute Gasteiger partial charge is 0.378 e. The van der Waals surface area contributed by atoms with Crippen molar-refractivity contribution in [2.75, 3.05) is 36.5 Å². The first-order chi connectivity index (χ1) is 18.3. The minimum Gasteiger partial charge on any atom is -0.378 e. The number of nitrogens with one attached hydrogen (secondary N) is 2. The number of aromatic nitrogens is 4. The first-order valence-electron chi connectivity index (χ1n) is 11.9. The van der Waals surface area contributed by atoms with Crippen LogP contribution in [0.15, 0.2) is 36.4 Å². The van der Waals surface area contributed by atoms with Crippen LogP contribution in [-0.4, -0.2) is 62.1 Å². The van der Waals surface area contributed by atoms with Crippen molar-refractivity contribution in [1.82, 2.24) is 25.1 Å². The number of fused-ring (bicyclic) bond motifs is 1. The van der Waals surface area contributed by atoms with E-state index in [9.17, 15) is 14.9 Å². The summed E-state index contributed by atoms with van der Waals surface area (Å²) in [5, 5.41) is 30.9. The number of anilines is 2. The quantitative estimate of drug-likeness (QED) is 0.207. The van der Waals surface area contributed by atoms with Crippen LogP contribution >= 0.6 is 23.6 Å². The second-order valence-corrected chi connectivity index (χ2v) is 9.93. The van der Waals surface area contributed by atoms with Crippen molar-refractivity contribution in [1.29, 1.82) is 0 Å². The summed E-state index contributed by atoms with van der Waals surface area (Å²) >= 11 is 6.87. The summed E-state index contributed by atoms with van der Waals surface area (Å²) in [5.74, 6) is 0.247. The minimum atomic E-state index is -0.540. The van der Waals surface area contributed by atoms with Gasteiger partial charge < -0.3 is 15.0 Å². The molecule has 0 atom stereocenters. The summed E-state index contributed by atoms with van der Waals surface area (Å²) in [5.41, 5.74) is 3.05. The Hall–Kier alpha value is -4.01. The van der Waals surface area contributed by atoms with E-state index in [1.54, 1.807) is 10.6 Å². The maximum Gasteiger partial charge on any atom is 0.270 e. The predicted octanol–water partition coefficient (Wildman–Crippen LogP) is 3.60. The van der Waals surface area contributed by atoms with E-state index < -0.39 is 10.8 Å². The van der Waals surface area contributed by atoms with Crippen molar-refractivity contribution < 1.29 is 14.5 Å². The molecular formula is C24H24N8O4S2. The molecule has 0 bridgehead atoms. The molecule has 12 nitrogen and oxygen atoms in total. The third-order valence-corrected chi connectivity index (χ3v) is 7.27. The van der Waals surface area contributed by atoms with Gasteiger partial charge in [0.05, 0.1) is 29.4 Å². The normalized spacial score (nSPS) is 13.5. The lowest BCUT2D eigenvalue weighted by molar-refractivity contribution is -0.384. The third-order valence-electron chi connectivity index (χ3n) is 6.12. The van der Waals surface area contributed by atoms with Crippen LogP contribution in [0.2, 0.25) is 0 Å². The Morgan fingerprint density at radius 3 is 2.74 bits per heavy atom. The van der Waals surface area contributed by atoms with Gasteiger partial charge in [-0.25, -0.2) is 0 Å². The topological polar surface area (TPSA) is 140 Å². The average molecular weight is 553 g/mol. The number of ether oxygens (including phenoxy) is 1. The number of amides is 1. The number of hydrogen-bond donors (Lipinski definition) is 2. The van der Waals surface area contributed by atoms with E-state index in [0.717, 1.165) is 28.4 Å². The molecule has 2 N–H and O–H groups in total. The smallest absolute Gasteiger partial charge is 0.270 e. The number of hydrogen-bond acceptors (Lipinski definition) is 10. The fourth-order valence-corrected chi connectivity index (χ4v) is 5.16. The standard InChI is InChI=1S/C24H24N8O4S2/c1-3-20-27-28-24-31(20)29-22(38-24)15-5-4-14(2)18(12-15)25-23(37)26-21(33)17-13-16(32(34)35)6-7-19(17)30-8-10-36-11-9-30/h4-7,12-13H,3,8-11H2,1-2H3,(H2,25,26,33,37). The first-order valence-corrected chi connectivity index (χ1v) is 13.1. The van der Waals surface area contributed by atoms with Crippen molar-refractivity contribution >= 4 is 56.6 Å². The predicted molar refractivity (Wildman–Crippen MR) is 148 cm³/mol. The molecule has 196 valence electrons. The van der Waals surface area contributed by atoms with Crippen LogP contribution in [0.1, 0.15) is 28.7 Å². The molecule has 14 heteroatoms. The zero-order valence-corrected chi connectivity index (χ0v) is 22.3. The number of non-ortho nitro benzene ring substituents is 1. The molecule has 0 aliphatic carbocycles. The molecule has 0 radical (unpaired) electrons. The van der Waals surface area contributed by atoms with Crippen LogP contribution in [0.25, 0.3) is 15.5 Å². The highest BCUT2D eigenvalue weighted by Crippen LogP contribution is 2.30. The highest BCUT2D eigenvalue weighted by atomic mass is 32.1. The lowest BCUT2D eigenvalue weighted by atomic mass is 10.1. The van der Waals surface area contributed by atoms with E-state index in [4.69, 9.17) is 17.0 Å². The molecule has 2 aromatic carbocycles. The van der Waals surface area contributed by atoms with Crippen LogP contribution in [0.4, 0.5) is 17.1 Å². The van der Waals surface area contributed by atoms with Gasteiger partial charge in [-0.05, 0) is 36.8 Å². The van der Waals surface area contributed by atoms with Crippen molar-refractivity contribution in [3.8, 4) is 10.6 Å². The SMILES string of the molecule is CCc1nnc2sc(-c3ccc(C)c(NC(=S)NC(=O)c4cc([N+](=O)[O-])ccc4N4CCOCC4)c3)nn12. The summed E-state index contributed by atoms with van der Waals surface area (Å²) in [7, 11) is 0. The fraction of sp³-hybridized carbons (Fsp3) is 0.292. The van der Waals surface area contributed by atoms with E-state index in [2.05, 4.69) is 25.9 Å². The van der Waals surface area contributed by atoms with E-state index in [-0.39, 0.29) is 16.4 Å². The molecule has 38 heavy (non-hydrogen) atoms. The van der Waals surface area contributed by atoms with Crippen molar-refractivity contribution in [2.24, 2.45) is 0 Å². The summed E-state index contributed by atoms with van der Waals surface area (Å²) in [6.45, 7) is 6.08. The summed E-state index contributed by atoms with van der Waals surface area (Å²) in [6, 6.07) is 10.0. The minimum absolute atomic E-state index is 0.0705. The van der Waals surface area contributed by atoms with Gasteiger partial charge in [-0.3, -0.25) is 20.2 Å². The number of benzene rings is 2. The molecule has 1 saturated heterocycles. The Morgan fingerprint density at radius 1 is 1.21 bits per heavy atom. The molecule has 1 amide bonds. The molecule has 3 heterocycles. The Bertz CT molecular complexity index is 1540. The molecule has 1 aliphatic rings. The number of carbonyl (C=O) groups excluding carboxylic acids is 1. The number of nitro groups is 1. The van der Waals surface area contributed by atoms with Gasteiger partial charge in [-0.2, -0.15) is 9.61 Å². The van der Waals surface area contributed by atoms with Crippen LogP contribution in [0.3, 0.4) is 0 Å². The Balaban J connectivity index is 1.36. The second kappa shape index (κ2) is 10.8. The molecule has 4 aromatic rings. The van der Waals surface area contributed by atoms with Crippen molar-refractivity contribution in [2.45, 2.75) is 20.3 Å². The Morgan fingerprint density at radius 2 is 2.00 bits per heavy atom. The van der Waals surface area contributed by atoms with Gasteiger partial charge in [0.15, 0.2) is 10.9 Å². The number of nitrogens with zero attached hydrogens (tertiary/aromatic N) is 6. The first kappa shape index (κ1) is 25.6. The van der Waals surface area contributed by atoms with E-state index in [0.29, 0.717) is 42.6 Å². The molecule has 1 fully saturated rings. The zero-order chi connectivity index (χ0) is 26.8. The molecule has 5 rings (SSSR count). The highest BCUT2D eigenvalue weighted by Gasteiger charge is 2.23. The van der Waals surface area contributed by atoms with Gasteiger partial charge in [-0.15, -0.1) is 10.2 Å². The van der Waals surface area contributed by atoms with Gasteiger partial charge in [-0.1, -0.05) is 30.4 Å². The molecule has 1 aliphatic heterocycles. The summed E-state index contributed by atoms with van der Waals surface area (Å²) in [6.07, 6.45) is 0.719. The molecule has 0 saturated carbocycles. The average Bonchev–Trinajstić information content (AvgIpc) is 3.51. The Labute approximate surface area is 226 Å². The number of rotatable bonds is 6. The summed E-state index contributed by atoms with van der Waals surface area (Å²) < 4.78 is 7.14. The molecular weight excluding hydrogens is 528 g/mol. The maximum absolute atomic E-state index is 13.2. The number of morpholine rings is 1. The molecule has 0 spiro atoms. The van der Waals surface area contributed by atoms with Crippen LogP contribution in [-0.2, 0) is 11.2 Å². The molecule has 0 unspecified atom stereocenters. The van der Waals surface area contributed by atoms with Gasteiger partial charge in [0.2, 0.25) is 4.96 Å². The van der Waals surface area contributed by atoms with E-state index >= 15 is 0 Å². The van der Waals surface area contributed by atoms with E-state index in [1.807, 2.05) is 36.9 Å². The van der Waals surface area contributed by atoms with E-state index in [1.165, 1.54) is 23.5 Å². The highest BCUT2D eigenvalue weighted by molar-refractivity contribution is 7.80. The Kier molecular flexibility index (Phi) is 7.26. The van der Waals surface area contributed by atoms with Gasteiger partial charge in [0.1, 0.15) is 5.01 Å². The lowest BCUT2D eigenvalue weighted by Crippen LogP contribution is -2.39. The summed E-state index contributed by atoms with van der Waals surface area (Å²) in [4.78, 5) is 26.8. The van der Waals surface area contributed by atoms with Crippen LogP contribution in [0.5, 0.6) is 0 Å². The van der Waals surface area contributed by atoms with Crippen LogP contribution in [0, 0.1) is 17.0 Å². The number of thiocarbonyl (C=S) groups is 1. The fourth-order valence-electron chi connectivity index (χ4n) is 4.11. The van der Waals surface area contributed by atoms with Crippen LogP contribution < -0.4 is 15.5 Å². The third kappa shape index (κ3) is 5.18. The van der Waals surface area contributed by atoms with Crippen molar-refractivity contribution in [3.63, 3.8) is 0 Å². The maximum atomic E-state index is 13.2. The molecule has 2 aromatic heterocycles.